The molecular formula is C19H29N3O2. The zero-order valence-electron chi connectivity index (χ0n) is 15.0. The van der Waals surface area contributed by atoms with Crippen molar-refractivity contribution in [2.24, 2.45) is 5.92 Å². The third-order valence-corrected chi connectivity index (χ3v) is 4.39. The van der Waals surface area contributed by atoms with E-state index >= 15 is 0 Å². The number of likely N-dealkylation sites (N-methyl/N-ethyl adjacent to an activating group) is 1. The average Bonchev–Trinajstić information content (AvgIpc) is 2.56. The highest BCUT2D eigenvalue weighted by Gasteiger charge is 2.22. The van der Waals surface area contributed by atoms with Crippen LogP contribution in [0.1, 0.15) is 25.0 Å². The first-order chi connectivity index (χ1) is 11.5. The van der Waals surface area contributed by atoms with Crippen molar-refractivity contribution in [1.29, 1.82) is 0 Å². The number of benzene rings is 1. The number of carbonyl (C=O) groups is 2. The van der Waals surface area contributed by atoms with Gasteiger partial charge in [0, 0.05) is 33.2 Å². The molecule has 132 valence electrons. The van der Waals surface area contributed by atoms with Gasteiger partial charge in [-0.1, -0.05) is 38.1 Å². The van der Waals surface area contributed by atoms with Gasteiger partial charge in [0.1, 0.15) is 0 Å². The van der Waals surface area contributed by atoms with Crippen LogP contribution in [0, 0.1) is 5.92 Å². The van der Waals surface area contributed by atoms with Crippen molar-refractivity contribution in [3.63, 3.8) is 0 Å². The van der Waals surface area contributed by atoms with Crippen molar-refractivity contribution in [1.82, 2.24) is 15.1 Å². The smallest absolute Gasteiger partial charge is 0.233 e. The normalized spacial score (nSPS) is 15.6. The Morgan fingerprint density at radius 2 is 1.62 bits per heavy atom. The summed E-state index contributed by atoms with van der Waals surface area (Å²) in [5.41, 5.74) is 2.39. The van der Waals surface area contributed by atoms with E-state index in [1.807, 2.05) is 4.90 Å². The van der Waals surface area contributed by atoms with Gasteiger partial charge in [-0.3, -0.25) is 14.5 Å². The van der Waals surface area contributed by atoms with E-state index in [1.165, 1.54) is 5.56 Å². The molecule has 1 aromatic carbocycles. The molecule has 0 aliphatic carbocycles. The van der Waals surface area contributed by atoms with Gasteiger partial charge in [0.25, 0.3) is 0 Å². The minimum atomic E-state index is 0.0243. The van der Waals surface area contributed by atoms with Gasteiger partial charge in [-0.15, -0.1) is 0 Å². The molecule has 1 fully saturated rings. The van der Waals surface area contributed by atoms with Crippen LogP contribution in [0.4, 0.5) is 0 Å². The molecule has 1 aliphatic rings. The summed E-state index contributed by atoms with van der Waals surface area (Å²) in [5.74, 6) is 0.839. The SMILES string of the molecule is CNC(=O)CN1CCN(C(=O)Cc2ccc(CC(C)C)cc2)CC1. The van der Waals surface area contributed by atoms with E-state index in [2.05, 4.69) is 48.3 Å². The average molecular weight is 331 g/mol. The molecule has 1 heterocycles. The standard InChI is InChI=1S/C19H29N3O2/c1-15(2)12-16-4-6-17(7-5-16)13-19(24)22-10-8-21(9-11-22)14-18(23)20-3/h4-7,15H,8-14H2,1-3H3,(H,20,23). The van der Waals surface area contributed by atoms with E-state index in [4.69, 9.17) is 0 Å². The molecule has 1 aliphatic heterocycles. The van der Waals surface area contributed by atoms with E-state index < -0.39 is 0 Å². The number of rotatable bonds is 6. The Morgan fingerprint density at radius 1 is 1.04 bits per heavy atom. The molecule has 1 saturated heterocycles. The van der Waals surface area contributed by atoms with Crippen LogP contribution in [0.25, 0.3) is 0 Å². The van der Waals surface area contributed by atoms with Crippen molar-refractivity contribution >= 4 is 11.8 Å². The molecule has 24 heavy (non-hydrogen) atoms. The van der Waals surface area contributed by atoms with Gasteiger partial charge >= 0.3 is 0 Å². The summed E-state index contributed by atoms with van der Waals surface area (Å²) in [6, 6.07) is 8.39. The van der Waals surface area contributed by atoms with Crippen LogP contribution < -0.4 is 5.32 Å². The predicted octanol–water partition coefficient (Wildman–Crippen LogP) is 1.32. The number of hydrogen-bond donors (Lipinski definition) is 1. The zero-order chi connectivity index (χ0) is 17.5. The Hall–Kier alpha value is -1.88. The van der Waals surface area contributed by atoms with Crippen LogP contribution in [-0.4, -0.2) is 61.4 Å². The summed E-state index contributed by atoms with van der Waals surface area (Å²) in [5, 5.41) is 2.63. The summed E-state index contributed by atoms with van der Waals surface area (Å²) in [6.45, 7) is 7.74. The predicted molar refractivity (Wildman–Crippen MR) is 95.8 cm³/mol. The van der Waals surface area contributed by atoms with Gasteiger partial charge in [-0.05, 0) is 23.5 Å². The summed E-state index contributed by atoms with van der Waals surface area (Å²) < 4.78 is 0. The second-order valence-corrected chi connectivity index (χ2v) is 6.92. The fraction of sp³-hybridized carbons (Fsp3) is 0.579. The van der Waals surface area contributed by atoms with Crippen LogP contribution in [-0.2, 0) is 22.4 Å². The molecule has 0 radical (unpaired) electrons. The molecule has 0 aromatic heterocycles. The largest absolute Gasteiger partial charge is 0.358 e. The number of amides is 2. The van der Waals surface area contributed by atoms with Gasteiger partial charge in [0.2, 0.25) is 11.8 Å². The van der Waals surface area contributed by atoms with Crippen molar-refractivity contribution in [3.05, 3.63) is 35.4 Å². The van der Waals surface area contributed by atoms with Gasteiger partial charge in [0.05, 0.1) is 13.0 Å². The van der Waals surface area contributed by atoms with E-state index in [9.17, 15) is 9.59 Å². The third-order valence-electron chi connectivity index (χ3n) is 4.39. The molecule has 1 N–H and O–H groups in total. The molecule has 1 aromatic rings. The quantitative estimate of drug-likeness (QED) is 0.855. The number of nitrogens with one attached hydrogen (secondary N) is 1. The van der Waals surface area contributed by atoms with Crippen LogP contribution >= 0.6 is 0 Å². The summed E-state index contributed by atoms with van der Waals surface area (Å²) in [4.78, 5) is 27.8. The van der Waals surface area contributed by atoms with Gasteiger partial charge in [-0.25, -0.2) is 0 Å². The zero-order valence-corrected chi connectivity index (χ0v) is 15.0. The van der Waals surface area contributed by atoms with E-state index in [-0.39, 0.29) is 11.8 Å². The lowest BCUT2D eigenvalue weighted by molar-refractivity contribution is -0.132. The molecule has 0 atom stereocenters. The molecule has 5 nitrogen and oxygen atoms in total. The molecule has 2 amide bonds. The number of piperazine rings is 1. The van der Waals surface area contributed by atoms with E-state index in [1.54, 1.807) is 7.05 Å². The molecule has 0 saturated carbocycles. The molecular weight excluding hydrogens is 302 g/mol. The Kier molecular flexibility index (Phi) is 6.79. The lowest BCUT2D eigenvalue weighted by Crippen LogP contribution is -2.51. The number of nitrogens with zero attached hydrogens (tertiary/aromatic N) is 2. The Morgan fingerprint density at radius 3 is 2.17 bits per heavy atom. The minimum Gasteiger partial charge on any atom is -0.358 e. The molecule has 5 heteroatoms. The van der Waals surface area contributed by atoms with Crippen LogP contribution in [0.15, 0.2) is 24.3 Å². The number of carbonyl (C=O) groups excluding carboxylic acids is 2. The Labute approximate surface area is 145 Å². The summed E-state index contributed by atoms with van der Waals surface area (Å²) >= 11 is 0. The van der Waals surface area contributed by atoms with Crippen molar-refractivity contribution in [2.75, 3.05) is 39.8 Å². The van der Waals surface area contributed by atoms with Crippen molar-refractivity contribution in [3.8, 4) is 0 Å². The maximum Gasteiger partial charge on any atom is 0.233 e. The van der Waals surface area contributed by atoms with E-state index in [0.29, 0.717) is 32.0 Å². The first-order valence-corrected chi connectivity index (χ1v) is 8.76. The second-order valence-electron chi connectivity index (χ2n) is 6.92. The Balaban J connectivity index is 1.80. The van der Waals surface area contributed by atoms with E-state index in [0.717, 1.165) is 25.1 Å². The van der Waals surface area contributed by atoms with Crippen molar-refractivity contribution < 1.29 is 9.59 Å². The third kappa shape index (κ3) is 5.64. The first-order valence-electron chi connectivity index (χ1n) is 8.76. The highest BCUT2D eigenvalue weighted by Crippen LogP contribution is 2.12. The fourth-order valence-corrected chi connectivity index (χ4v) is 2.99. The van der Waals surface area contributed by atoms with Crippen LogP contribution in [0.2, 0.25) is 0 Å². The van der Waals surface area contributed by atoms with Gasteiger partial charge < -0.3 is 10.2 Å². The highest BCUT2D eigenvalue weighted by molar-refractivity contribution is 5.79. The maximum absolute atomic E-state index is 12.4. The molecule has 0 spiro atoms. The lowest BCUT2D eigenvalue weighted by Gasteiger charge is -2.34. The van der Waals surface area contributed by atoms with Gasteiger partial charge in [-0.2, -0.15) is 0 Å². The summed E-state index contributed by atoms with van der Waals surface area (Å²) in [7, 11) is 1.65. The first kappa shape index (κ1) is 18.5. The molecule has 0 unspecified atom stereocenters. The van der Waals surface area contributed by atoms with Crippen LogP contribution in [0.3, 0.4) is 0 Å². The Bertz CT molecular complexity index is 546. The van der Waals surface area contributed by atoms with Crippen molar-refractivity contribution in [2.45, 2.75) is 26.7 Å². The number of hydrogen-bond acceptors (Lipinski definition) is 3. The summed E-state index contributed by atoms with van der Waals surface area (Å²) in [6.07, 6.45) is 1.53. The highest BCUT2D eigenvalue weighted by atomic mass is 16.2. The van der Waals surface area contributed by atoms with Gasteiger partial charge in [0.15, 0.2) is 0 Å². The monoisotopic (exact) mass is 331 g/mol. The molecule has 2 rings (SSSR count). The minimum absolute atomic E-state index is 0.0243. The topological polar surface area (TPSA) is 52.7 Å². The maximum atomic E-state index is 12.4. The van der Waals surface area contributed by atoms with Crippen LogP contribution in [0.5, 0.6) is 0 Å². The second kappa shape index (κ2) is 8.83. The lowest BCUT2D eigenvalue weighted by atomic mass is 10.0. The fourth-order valence-electron chi connectivity index (χ4n) is 2.99. The molecule has 0 bridgehead atoms.